The fourth-order valence-electron chi connectivity index (χ4n) is 1.31. The van der Waals surface area contributed by atoms with Crippen LogP contribution in [0.4, 0.5) is 4.39 Å². The van der Waals surface area contributed by atoms with Crippen molar-refractivity contribution in [2.45, 2.75) is 25.9 Å². The van der Waals surface area contributed by atoms with E-state index in [0.29, 0.717) is 6.54 Å². The maximum Gasteiger partial charge on any atom is 0.117 e. The molecule has 0 aromatic heterocycles. The normalized spacial score (nSPS) is 11.7. The van der Waals surface area contributed by atoms with E-state index in [4.69, 9.17) is 11.6 Å². The predicted octanol–water partition coefficient (Wildman–Crippen LogP) is 3.22. The highest BCUT2D eigenvalue weighted by atomic mass is 35.5. The summed E-state index contributed by atoms with van der Waals surface area (Å²) in [4.78, 5) is 0. The average Bonchev–Trinajstić information content (AvgIpc) is 2.13. The Hall–Kier alpha value is -0.600. The van der Waals surface area contributed by atoms with Gasteiger partial charge in [-0.3, -0.25) is 0 Å². The van der Waals surface area contributed by atoms with Gasteiger partial charge < -0.3 is 5.32 Å². The SMILES string of the molecule is CC(C)(F)CNCCc1ccccc1Cl. The molecule has 0 spiro atoms. The molecule has 1 nitrogen and oxygen atoms in total. The number of alkyl halides is 1. The van der Waals surface area contributed by atoms with Crippen LogP contribution >= 0.6 is 11.6 Å². The summed E-state index contributed by atoms with van der Waals surface area (Å²) in [7, 11) is 0. The molecule has 0 fully saturated rings. The van der Waals surface area contributed by atoms with E-state index in [2.05, 4.69) is 5.32 Å². The van der Waals surface area contributed by atoms with Gasteiger partial charge in [-0.25, -0.2) is 4.39 Å². The summed E-state index contributed by atoms with van der Waals surface area (Å²) in [5.74, 6) is 0. The Kier molecular flexibility index (Phi) is 4.55. The van der Waals surface area contributed by atoms with Crippen LogP contribution in [-0.2, 0) is 6.42 Å². The molecular weight excluding hydrogens is 213 g/mol. The summed E-state index contributed by atoms with van der Waals surface area (Å²) in [5.41, 5.74) is -0.0520. The van der Waals surface area contributed by atoms with E-state index in [1.807, 2.05) is 24.3 Å². The smallest absolute Gasteiger partial charge is 0.117 e. The number of hydrogen-bond acceptors (Lipinski definition) is 1. The lowest BCUT2D eigenvalue weighted by molar-refractivity contribution is 0.211. The molecule has 15 heavy (non-hydrogen) atoms. The molecule has 0 saturated carbocycles. The summed E-state index contributed by atoms with van der Waals surface area (Å²) in [5, 5.41) is 3.84. The van der Waals surface area contributed by atoms with Gasteiger partial charge in [0.15, 0.2) is 0 Å². The van der Waals surface area contributed by atoms with Crippen molar-refractivity contribution >= 4 is 11.6 Å². The summed E-state index contributed by atoms with van der Waals surface area (Å²) >= 11 is 5.99. The van der Waals surface area contributed by atoms with Crippen LogP contribution in [0.25, 0.3) is 0 Å². The lowest BCUT2D eigenvalue weighted by atomic mass is 10.1. The number of benzene rings is 1. The van der Waals surface area contributed by atoms with E-state index in [1.165, 1.54) is 0 Å². The van der Waals surface area contributed by atoms with Crippen molar-refractivity contribution in [1.82, 2.24) is 5.32 Å². The Morgan fingerprint density at radius 3 is 2.60 bits per heavy atom. The topological polar surface area (TPSA) is 12.0 Å². The van der Waals surface area contributed by atoms with Gasteiger partial charge in [0, 0.05) is 11.6 Å². The molecule has 1 aromatic carbocycles. The highest BCUT2D eigenvalue weighted by molar-refractivity contribution is 6.31. The second kappa shape index (κ2) is 5.47. The Balaban J connectivity index is 2.30. The number of rotatable bonds is 5. The lowest BCUT2D eigenvalue weighted by Crippen LogP contribution is -2.32. The average molecular weight is 230 g/mol. The van der Waals surface area contributed by atoms with E-state index in [0.717, 1.165) is 23.6 Å². The van der Waals surface area contributed by atoms with Crippen molar-refractivity contribution in [3.63, 3.8) is 0 Å². The van der Waals surface area contributed by atoms with Crippen molar-refractivity contribution in [1.29, 1.82) is 0 Å². The second-order valence-electron chi connectivity index (χ2n) is 4.24. The lowest BCUT2D eigenvalue weighted by Gasteiger charge is -2.14. The van der Waals surface area contributed by atoms with Crippen molar-refractivity contribution in [3.8, 4) is 0 Å². The predicted molar refractivity (Wildman–Crippen MR) is 63.2 cm³/mol. The molecule has 3 heteroatoms. The monoisotopic (exact) mass is 229 g/mol. The molecule has 0 unspecified atom stereocenters. The molecule has 1 rings (SSSR count). The molecule has 0 bridgehead atoms. The van der Waals surface area contributed by atoms with Crippen LogP contribution in [0, 0.1) is 0 Å². The molecule has 0 saturated heterocycles. The highest BCUT2D eigenvalue weighted by Crippen LogP contribution is 2.14. The molecular formula is C12H17ClFN. The largest absolute Gasteiger partial charge is 0.313 e. The third-order valence-corrected chi connectivity index (χ3v) is 2.44. The first-order chi connectivity index (χ1) is 6.99. The first-order valence-corrected chi connectivity index (χ1v) is 5.50. The van der Waals surface area contributed by atoms with Crippen molar-refractivity contribution in [2.24, 2.45) is 0 Å². The van der Waals surface area contributed by atoms with Gasteiger partial charge in [0.25, 0.3) is 0 Å². The Bertz CT molecular complexity index is 307. The fraction of sp³-hybridized carbons (Fsp3) is 0.500. The minimum Gasteiger partial charge on any atom is -0.313 e. The van der Waals surface area contributed by atoms with Crippen LogP contribution in [0.15, 0.2) is 24.3 Å². The molecule has 84 valence electrons. The molecule has 0 aliphatic heterocycles. The van der Waals surface area contributed by atoms with Gasteiger partial charge in [-0.2, -0.15) is 0 Å². The quantitative estimate of drug-likeness (QED) is 0.765. The molecule has 1 aromatic rings. The summed E-state index contributed by atoms with van der Waals surface area (Å²) in [6, 6.07) is 7.73. The third kappa shape index (κ3) is 5.14. The first kappa shape index (κ1) is 12.5. The van der Waals surface area contributed by atoms with Gasteiger partial charge in [-0.05, 0) is 38.4 Å². The molecule has 0 amide bonds. The zero-order valence-corrected chi connectivity index (χ0v) is 9.94. The fourth-order valence-corrected chi connectivity index (χ4v) is 1.54. The van der Waals surface area contributed by atoms with Crippen molar-refractivity contribution in [3.05, 3.63) is 34.9 Å². The van der Waals surface area contributed by atoms with Gasteiger partial charge in [-0.15, -0.1) is 0 Å². The minimum atomic E-state index is -1.15. The van der Waals surface area contributed by atoms with Crippen LogP contribution in [0.5, 0.6) is 0 Å². The highest BCUT2D eigenvalue weighted by Gasteiger charge is 2.13. The van der Waals surface area contributed by atoms with Crippen LogP contribution in [-0.4, -0.2) is 18.8 Å². The van der Waals surface area contributed by atoms with Crippen molar-refractivity contribution in [2.75, 3.05) is 13.1 Å². The third-order valence-electron chi connectivity index (χ3n) is 2.07. The van der Waals surface area contributed by atoms with Gasteiger partial charge >= 0.3 is 0 Å². The summed E-state index contributed by atoms with van der Waals surface area (Å²) in [6.45, 7) is 4.25. The zero-order chi connectivity index (χ0) is 11.3. The number of halogens is 2. The van der Waals surface area contributed by atoms with Gasteiger partial charge in [0.1, 0.15) is 5.67 Å². The van der Waals surface area contributed by atoms with Gasteiger partial charge in [-0.1, -0.05) is 29.8 Å². The van der Waals surface area contributed by atoms with Crippen LogP contribution < -0.4 is 5.32 Å². The Morgan fingerprint density at radius 1 is 1.33 bits per heavy atom. The van der Waals surface area contributed by atoms with Crippen LogP contribution in [0.1, 0.15) is 19.4 Å². The van der Waals surface area contributed by atoms with E-state index < -0.39 is 5.67 Å². The first-order valence-electron chi connectivity index (χ1n) is 5.12. The maximum absolute atomic E-state index is 13.1. The Labute approximate surface area is 95.6 Å². The molecule has 1 N–H and O–H groups in total. The zero-order valence-electron chi connectivity index (χ0n) is 9.19. The summed E-state index contributed by atoms with van der Waals surface area (Å²) < 4.78 is 13.1. The van der Waals surface area contributed by atoms with Gasteiger partial charge in [0.2, 0.25) is 0 Å². The number of nitrogens with one attached hydrogen (secondary N) is 1. The molecule has 0 aliphatic rings. The standard InChI is InChI=1S/C12H17ClFN/c1-12(2,14)9-15-8-7-10-5-3-4-6-11(10)13/h3-6,15H,7-9H2,1-2H3. The molecule has 0 radical (unpaired) electrons. The summed E-state index contributed by atoms with van der Waals surface area (Å²) in [6.07, 6.45) is 0.829. The van der Waals surface area contributed by atoms with Crippen LogP contribution in [0.3, 0.4) is 0 Å². The Morgan fingerprint density at radius 2 is 2.00 bits per heavy atom. The number of hydrogen-bond donors (Lipinski definition) is 1. The van der Waals surface area contributed by atoms with E-state index >= 15 is 0 Å². The molecule has 0 atom stereocenters. The van der Waals surface area contributed by atoms with E-state index in [1.54, 1.807) is 13.8 Å². The second-order valence-corrected chi connectivity index (χ2v) is 4.64. The molecule has 0 aliphatic carbocycles. The van der Waals surface area contributed by atoms with E-state index in [9.17, 15) is 4.39 Å². The van der Waals surface area contributed by atoms with Crippen LogP contribution in [0.2, 0.25) is 5.02 Å². The maximum atomic E-state index is 13.1. The van der Waals surface area contributed by atoms with E-state index in [-0.39, 0.29) is 0 Å². The van der Waals surface area contributed by atoms with Crippen molar-refractivity contribution < 1.29 is 4.39 Å². The molecule has 0 heterocycles. The van der Waals surface area contributed by atoms with Gasteiger partial charge in [0.05, 0.1) is 0 Å². The minimum absolute atomic E-state index is 0.372.